The normalized spacial score (nSPS) is 21.4. The molecule has 0 aromatic heterocycles. The summed E-state index contributed by atoms with van der Waals surface area (Å²) < 4.78 is 0. The fourth-order valence-electron chi connectivity index (χ4n) is 1.58. The molecule has 0 aliphatic carbocycles. The lowest BCUT2D eigenvalue weighted by Crippen LogP contribution is -2.42. The number of likely N-dealkylation sites (tertiary alicyclic amines) is 1. The van der Waals surface area contributed by atoms with Crippen molar-refractivity contribution in [3.63, 3.8) is 0 Å². The second-order valence-electron chi connectivity index (χ2n) is 3.35. The Kier molecular flexibility index (Phi) is 3.46. The van der Waals surface area contributed by atoms with E-state index < -0.39 is 11.9 Å². The van der Waals surface area contributed by atoms with Crippen molar-refractivity contribution in [2.75, 3.05) is 13.1 Å². The van der Waals surface area contributed by atoms with Crippen LogP contribution in [0.2, 0.25) is 0 Å². The van der Waals surface area contributed by atoms with Crippen LogP contribution < -0.4 is 0 Å². The van der Waals surface area contributed by atoms with Gasteiger partial charge in [-0.1, -0.05) is 0 Å². The Morgan fingerprint density at radius 1 is 1.57 bits per heavy atom. The molecule has 14 heavy (non-hydrogen) atoms. The number of amides is 1. The highest BCUT2D eigenvalue weighted by Crippen LogP contribution is 2.16. The molecule has 1 aliphatic rings. The van der Waals surface area contributed by atoms with E-state index in [0.29, 0.717) is 19.4 Å². The fourth-order valence-corrected chi connectivity index (χ4v) is 1.58. The van der Waals surface area contributed by atoms with Gasteiger partial charge < -0.3 is 10.0 Å². The molecule has 0 bridgehead atoms. The summed E-state index contributed by atoms with van der Waals surface area (Å²) in [5.74, 6) is -1.59. The third-order valence-corrected chi connectivity index (χ3v) is 2.35. The molecule has 1 rings (SSSR count). The van der Waals surface area contributed by atoms with Gasteiger partial charge in [-0.15, -0.1) is 0 Å². The van der Waals surface area contributed by atoms with Crippen molar-refractivity contribution in [2.45, 2.75) is 19.3 Å². The third-order valence-electron chi connectivity index (χ3n) is 2.35. The maximum atomic E-state index is 11.3. The van der Waals surface area contributed by atoms with Crippen LogP contribution in [0.15, 0.2) is 0 Å². The molecule has 0 unspecified atom stereocenters. The number of carboxylic acids is 1. The maximum Gasteiger partial charge on any atom is 0.308 e. The average molecular weight is 196 g/mol. The number of rotatable bonds is 2. The van der Waals surface area contributed by atoms with Crippen LogP contribution in [-0.2, 0) is 9.59 Å². The molecule has 1 aliphatic heterocycles. The van der Waals surface area contributed by atoms with Crippen molar-refractivity contribution in [3.05, 3.63) is 0 Å². The molecule has 1 amide bonds. The first-order valence-corrected chi connectivity index (χ1v) is 4.52. The smallest absolute Gasteiger partial charge is 0.308 e. The van der Waals surface area contributed by atoms with Gasteiger partial charge in [-0.25, -0.2) is 0 Å². The van der Waals surface area contributed by atoms with E-state index in [2.05, 4.69) is 0 Å². The molecule has 0 spiro atoms. The number of carboxylic acid groups (broad SMARTS) is 1. The van der Waals surface area contributed by atoms with Crippen LogP contribution in [0.1, 0.15) is 19.3 Å². The van der Waals surface area contributed by atoms with Crippen LogP contribution in [0, 0.1) is 17.2 Å². The lowest BCUT2D eigenvalue weighted by molar-refractivity contribution is -0.145. The Morgan fingerprint density at radius 2 is 2.29 bits per heavy atom. The van der Waals surface area contributed by atoms with E-state index in [1.165, 1.54) is 4.90 Å². The van der Waals surface area contributed by atoms with Gasteiger partial charge in [0.2, 0.25) is 5.91 Å². The number of aliphatic carboxylic acids is 1. The molecule has 0 aromatic rings. The number of nitriles is 1. The second kappa shape index (κ2) is 4.61. The summed E-state index contributed by atoms with van der Waals surface area (Å²) in [6.45, 7) is 0.820. The van der Waals surface area contributed by atoms with Gasteiger partial charge in [0.05, 0.1) is 12.0 Å². The van der Waals surface area contributed by atoms with Crippen molar-refractivity contribution in [1.29, 1.82) is 5.26 Å². The fraction of sp³-hybridized carbons (Fsp3) is 0.667. The number of piperidine rings is 1. The summed E-state index contributed by atoms with van der Waals surface area (Å²) in [6.07, 6.45) is 1.16. The third kappa shape index (κ3) is 2.46. The Hall–Kier alpha value is -1.57. The van der Waals surface area contributed by atoms with Gasteiger partial charge in [-0.3, -0.25) is 9.59 Å². The molecule has 1 N–H and O–H groups in total. The van der Waals surface area contributed by atoms with E-state index in [9.17, 15) is 9.59 Å². The first-order chi connectivity index (χ1) is 6.65. The van der Waals surface area contributed by atoms with Crippen LogP contribution in [-0.4, -0.2) is 35.0 Å². The molecule has 1 saturated heterocycles. The lowest BCUT2D eigenvalue weighted by Gasteiger charge is -2.30. The van der Waals surface area contributed by atoms with E-state index >= 15 is 0 Å². The minimum Gasteiger partial charge on any atom is -0.481 e. The quantitative estimate of drug-likeness (QED) is 0.685. The van der Waals surface area contributed by atoms with E-state index in [-0.39, 0.29) is 18.9 Å². The highest BCUT2D eigenvalue weighted by Gasteiger charge is 2.27. The second-order valence-corrected chi connectivity index (χ2v) is 3.35. The van der Waals surface area contributed by atoms with Crippen LogP contribution in [0.3, 0.4) is 0 Å². The highest BCUT2D eigenvalue weighted by atomic mass is 16.4. The zero-order chi connectivity index (χ0) is 10.6. The molecule has 0 saturated carbocycles. The molecule has 0 radical (unpaired) electrons. The van der Waals surface area contributed by atoms with Crippen LogP contribution in [0.5, 0.6) is 0 Å². The number of hydrogen-bond acceptors (Lipinski definition) is 3. The zero-order valence-electron chi connectivity index (χ0n) is 7.77. The van der Waals surface area contributed by atoms with Crippen LogP contribution in [0.25, 0.3) is 0 Å². The van der Waals surface area contributed by atoms with Gasteiger partial charge in [0.25, 0.3) is 0 Å². The predicted octanol–water partition coefficient (Wildman–Crippen LogP) is 0.223. The van der Waals surface area contributed by atoms with Crippen molar-refractivity contribution >= 4 is 11.9 Å². The Labute approximate surface area is 81.9 Å². The first kappa shape index (κ1) is 10.5. The monoisotopic (exact) mass is 196 g/mol. The molecular weight excluding hydrogens is 184 g/mol. The lowest BCUT2D eigenvalue weighted by atomic mass is 9.98. The molecule has 0 aromatic carbocycles. The van der Waals surface area contributed by atoms with Gasteiger partial charge in [0.1, 0.15) is 6.42 Å². The van der Waals surface area contributed by atoms with Crippen molar-refractivity contribution in [2.24, 2.45) is 5.92 Å². The Balaban J connectivity index is 2.52. The zero-order valence-corrected chi connectivity index (χ0v) is 7.77. The minimum absolute atomic E-state index is 0.160. The van der Waals surface area contributed by atoms with Gasteiger partial charge >= 0.3 is 5.97 Å². The van der Waals surface area contributed by atoms with E-state index in [1.807, 2.05) is 0 Å². The number of hydrogen-bond donors (Lipinski definition) is 1. The summed E-state index contributed by atoms with van der Waals surface area (Å²) in [4.78, 5) is 23.4. The van der Waals surface area contributed by atoms with Crippen LogP contribution >= 0.6 is 0 Å². The Bertz CT molecular complexity index is 282. The SMILES string of the molecule is N#CCC(=O)N1CCC[C@@H](C(=O)O)C1. The number of carbonyl (C=O) groups excluding carboxylic acids is 1. The maximum absolute atomic E-state index is 11.3. The highest BCUT2D eigenvalue weighted by molar-refractivity contribution is 5.79. The van der Waals surface area contributed by atoms with Crippen LogP contribution in [0.4, 0.5) is 0 Å². The van der Waals surface area contributed by atoms with Gasteiger partial charge in [-0.2, -0.15) is 5.26 Å². The van der Waals surface area contributed by atoms with Gasteiger partial charge in [0.15, 0.2) is 0 Å². The minimum atomic E-state index is -0.862. The van der Waals surface area contributed by atoms with Crippen molar-refractivity contribution in [1.82, 2.24) is 4.90 Å². The molecule has 5 heteroatoms. The summed E-state index contributed by atoms with van der Waals surface area (Å²) in [5, 5.41) is 17.1. The Morgan fingerprint density at radius 3 is 2.86 bits per heavy atom. The summed E-state index contributed by atoms with van der Waals surface area (Å²) >= 11 is 0. The van der Waals surface area contributed by atoms with E-state index in [0.717, 1.165) is 0 Å². The molecule has 76 valence electrons. The molecular formula is C9H12N2O3. The molecule has 1 fully saturated rings. The number of nitrogens with zero attached hydrogens (tertiary/aromatic N) is 2. The standard InChI is InChI=1S/C9H12N2O3/c10-4-3-8(12)11-5-1-2-7(6-11)9(13)14/h7H,1-3,5-6H2,(H,13,14)/t7-/m1/s1. The molecule has 5 nitrogen and oxygen atoms in total. The summed E-state index contributed by atoms with van der Waals surface area (Å²) in [5.41, 5.74) is 0. The van der Waals surface area contributed by atoms with E-state index in [4.69, 9.17) is 10.4 Å². The van der Waals surface area contributed by atoms with Gasteiger partial charge in [-0.05, 0) is 12.8 Å². The van der Waals surface area contributed by atoms with E-state index in [1.54, 1.807) is 6.07 Å². The average Bonchev–Trinajstić information content (AvgIpc) is 2.18. The van der Waals surface area contributed by atoms with Gasteiger partial charge in [0, 0.05) is 13.1 Å². The predicted molar refractivity (Wildman–Crippen MR) is 47.2 cm³/mol. The largest absolute Gasteiger partial charge is 0.481 e. The van der Waals surface area contributed by atoms with Crippen molar-refractivity contribution < 1.29 is 14.7 Å². The van der Waals surface area contributed by atoms with Crippen molar-refractivity contribution in [3.8, 4) is 6.07 Å². The topological polar surface area (TPSA) is 81.4 Å². The summed E-state index contributed by atoms with van der Waals surface area (Å²) in [6, 6.07) is 1.77. The first-order valence-electron chi connectivity index (χ1n) is 4.52. The molecule has 1 atom stereocenters. The number of carbonyl (C=O) groups is 2. The summed E-state index contributed by atoms with van der Waals surface area (Å²) in [7, 11) is 0. The molecule has 1 heterocycles.